The number of furan rings is 1. The van der Waals surface area contributed by atoms with Crippen LogP contribution in [0.15, 0.2) is 120 Å². The number of thiophene rings is 1. The molecule has 9 rings (SSSR count). The average molecular weight is 518 g/mol. The lowest BCUT2D eigenvalue weighted by atomic mass is 10.0. The van der Waals surface area contributed by atoms with Crippen LogP contribution in [0.1, 0.15) is 0 Å². The summed E-state index contributed by atoms with van der Waals surface area (Å²) in [6, 6.07) is 38.3. The van der Waals surface area contributed by atoms with Gasteiger partial charge in [-0.1, -0.05) is 78.9 Å². The van der Waals surface area contributed by atoms with E-state index in [1.165, 1.54) is 15.5 Å². The molecule has 0 N–H and O–H groups in total. The largest absolute Gasteiger partial charge is 0.455 e. The third kappa shape index (κ3) is 2.88. The lowest BCUT2D eigenvalue weighted by molar-refractivity contribution is 0.670. The molecule has 9 aromatic rings. The molecule has 0 amide bonds. The van der Waals surface area contributed by atoms with Gasteiger partial charge in [0.25, 0.3) is 0 Å². The van der Waals surface area contributed by atoms with Crippen LogP contribution >= 0.6 is 11.3 Å². The van der Waals surface area contributed by atoms with E-state index in [0.29, 0.717) is 0 Å². The first kappa shape index (κ1) is 21.0. The molecule has 0 atom stereocenters. The number of para-hydroxylation sites is 4. The van der Waals surface area contributed by atoms with E-state index in [-0.39, 0.29) is 0 Å². The van der Waals surface area contributed by atoms with Crippen LogP contribution in [0.5, 0.6) is 0 Å². The van der Waals surface area contributed by atoms with Crippen LogP contribution in [-0.4, -0.2) is 14.5 Å². The van der Waals surface area contributed by atoms with E-state index in [9.17, 15) is 0 Å². The quantitative estimate of drug-likeness (QED) is 0.229. The topological polar surface area (TPSA) is 43.9 Å². The number of aromatic nitrogens is 3. The van der Waals surface area contributed by atoms with Crippen LogP contribution in [0, 0.1) is 0 Å². The van der Waals surface area contributed by atoms with Gasteiger partial charge >= 0.3 is 0 Å². The van der Waals surface area contributed by atoms with Crippen LogP contribution in [0.25, 0.3) is 81.0 Å². The fourth-order valence-electron chi connectivity index (χ4n) is 6.02. The molecule has 0 aliphatic rings. The highest BCUT2D eigenvalue weighted by molar-refractivity contribution is 7.26. The third-order valence-electron chi connectivity index (χ3n) is 7.74. The summed E-state index contributed by atoms with van der Waals surface area (Å²) in [5, 5.41) is 5.85. The minimum atomic E-state index is 0.908. The molecular formula is C34H19N3OS. The minimum absolute atomic E-state index is 0.908. The molecule has 0 spiro atoms. The highest BCUT2D eigenvalue weighted by Gasteiger charge is 2.19. The Morgan fingerprint density at radius 2 is 1.33 bits per heavy atom. The van der Waals surface area contributed by atoms with Crippen molar-refractivity contribution in [1.82, 2.24) is 14.5 Å². The molecule has 5 heteroatoms. The zero-order valence-electron chi connectivity index (χ0n) is 20.6. The van der Waals surface area contributed by atoms with E-state index in [2.05, 4.69) is 102 Å². The molecule has 0 bridgehead atoms. The third-order valence-corrected chi connectivity index (χ3v) is 8.89. The summed E-state index contributed by atoms with van der Waals surface area (Å²) in [4.78, 5) is 9.63. The van der Waals surface area contributed by atoms with Crippen LogP contribution in [0.4, 0.5) is 0 Å². The molecule has 182 valence electrons. The van der Waals surface area contributed by atoms with Gasteiger partial charge in [0.2, 0.25) is 0 Å². The summed E-state index contributed by atoms with van der Waals surface area (Å²) in [6.45, 7) is 0. The molecule has 4 aromatic heterocycles. The zero-order chi connectivity index (χ0) is 25.5. The summed E-state index contributed by atoms with van der Waals surface area (Å²) >= 11 is 1.75. The van der Waals surface area contributed by atoms with Crippen molar-refractivity contribution in [2.75, 3.05) is 0 Å². The minimum Gasteiger partial charge on any atom is -0.455 e. The smallest absolute Gasteiger partial charge is 0.159 e. The Morgan fingerprint density at radius 3 is 2.15 bits per heavy atom. The van der Waals surface area contributed by atoms with Crippen molar-refractivity contribution in [2.24, 2.45) is 0 Å². The normalized spacial score (nSPS) is 12.1. The van der Waals surface area contributed by atoms with E-state index in [1.807, 2.05) is 12.1 Å². The second-order valence-corrected chi connectivity index (χ2v) is 10.9. The second-order valence-electron chi connectivity index (χ2n) is 9.84. The zero-order valence-corrected chi connectivity index (χ0v) is 21.4. The van der Waals surface area contributed by atoms with Crippen molar-refractivity contribution in [1.29, 1.82) is 0 Å². The fraction of sp³-hybridized carbons (Fsp3) is 0. The Balaban J connectivity index is 1.31. The lowest BCUT2D eigenvalue weighted by Crippen LogP contribution is -1.98. The molecule has 0 saturated carbocycles. The van der Waals surface area contributed by atoms with Gasteiger partial charge in [0.1, 0.15) is 17.5 Å². The number of rotatable bonds is 2. The van der Waals surface area contributed by atoms with Crippen molar-refractivity contribution >= 4 is 75.4 Å². The highest BCUT2D eigenvalue weighted by atomic mass is 32.1. The van der Waals surface area contributed by atoms with Gasteiger partial charge < -0.3 is 4.42 Å². The molecule has 39 heavy (non-hydrogen) atoms. The molecular weight excluding hydrogens is 498 g/mol. The first-order chi connectivity index (χ1) is 19.3. The molecule has 4 nitrogen and oxygen atoms in total. The lowest BCUT2D eigenvalue weighted by Gasteiger charge is -2.07. The summed E-state index contributed by atoms with van der Waals surface area (Å²) in [5.41, 5.74) is 7.29. The molecule has 5 aromatic carbocycles. The Kier molecular flexibility index (Phi) is 4.18. The predicted molar refractivity (Wildman–Crippen MR) is 162 cm³/mol. The van der Waals surface area contributed by atoms with Gasteiger partial charge in [-0.15, -0.1) is 11.3 Å². The summed E-state index contributed by atoms with van der Waals surface area (Å²) < 4.78 is 10.9. The van der Waals surface area contributed by atoms with E-state index in [0.717, 1.165) is 65.5 Å². The van der Waals surface area contributed by atoms with Crippen LogP contribution < -0.4 is 0 Å². The average Bonchev–Trinajstić information content (AvgIpc) is 3.66. The molecule has 0 fully saturated rings. The van der Waals surface area contributed by atoms with Gasteiger partial charge in [-0.25, -0.2) is 9.97 Å². The first-order valence-corrected chi connectivity index (χ1v) is 13.7. The van der Waals surface area contributed by atoms with E-state index in [1.54, 1.807) is 17.7 Å². The van der Waals surface area contributed by atoms with Crippen molar-refractivity contribution in [3.05, 3.63) is 116 Å². The Hall–Kier alpha value is -5.00. The van der Waals surface area contributed by atoms with E-state index in [4.69, 9.17) is 14.4 Å². The number of hydrogen-bond donors (Lipinski definition) is 0. The fourth-order valence-corrected chi connectivity index (χ4v) is 7.13. The Bertz CT molecular complexity index is 2360. The summed E-state index contributed by atoms with van der Waals surface area (Å²) in [5.74, 6) is 0.916. The summed E-state index contributed by atoms with van der Waals surface area (Å²) in [6.07, 6.45) is 1.69. The maximum absolute atomic E-state index is 6.34. The molecule has 4 heterocycles. The van der Waals surface area contributed by atoms with E-state index >= 15 is 0 Å². The van der Waals surface area contributed by atoms with E-state index < -0.39 is 0 Å². The highest BCUT2D eigenvalue weighted by Crippen LogP contribution is 2.42. The number of fused-ring (bicyclic) bond motifs is 9. The second kappa shape index (κ2) is 7.76. The predicted octanol–water partition coefficient (Wildman–Crippen LogP) is 9.51. The number of hydrogen-bond acceptors (Lipinski definition) is 4. The Morgan fingerprint density at radius 1 is 0.615 bits per heavy atom. The molecule has 0 aliphatic heterocycles. The van der Waals surface area contributed by atoms with Gasteiger partial charge in [-0.2, -0.15) is 0 Å². The van der Waals surface area contributed by atoms with Crippen molar-refractivity contribution in [3.63, 3.8) is 0 Å². The molecule has 0 aliphatic carbocycles. The standard InChI is InChI=1S/C34H19N3OS/c1-4-13-27-22(8-1)23-9-2-5-14-28(23)37(27)34-33-31(35-19-36-34)26-18-20(16-17-30(26)39-33)21-11-7-12-25-24-10-3-6-15-29(24)38-32(21)25/h1-19H. The monoisotopic (exact) mass is 517 g/mol. The molecule has 0 saturated heterocycles. The summed E-state index contributed by atoms with van der Waals surface area (Å²) in [7, 11) is 0. The van der Waals surface area contributed by atoms with Crippen molar-refractivity contribution in [2.45, 2.75) is 0 Å². The number of nitrogens with zero attached hydrogens (tertiary/aromatic N) is 3. The van der Waals surface area contributed by atoms with Crippen LogP contribution in [0.2, 0.25) is 0 Å². The van der Waals surface area contributed by atoms with Crippen molar-refractivity contribution in [3.8, 4) is 16.9 Å². The maximum atomic E-state index is 6.34. The van der Waals surface area contributed by atoms with Gasteiger partial charge in [0.15, 0.2) is 5.82 Å². The van der Waals surface area contributed by atoms with Crippen molar-refractivity contribution < 1.29 is 4.42 Å². The van der Waals surface area contributed by atoms with Gasteiger partial charge in [-0.3, -0.25) is 4.57 Å². The Labute approximate surface area is 226 Å². The van der Waals surface area contributed by atoms with Gasteiger partial charge in [-0.05, 0) is 35.9 Å². The molecule has 0 unspecified atom stereocenters. The van der Waals surface area contributed by atoms with Crippen LogP contribution in [-0.2, 0) is 0 Å². The van der Waals surface area contributed by atoms with Gasteiger partial charge in [0, 0.05) is 37.2 Å². The SMILES string of the molecule is c1ccc2c(c1)oc1c(-c3ccc4sc5c(-n6c7ccccc7c7ccccc76)ncnc5c4c3)cccc12. The van der Waals surface area contributed by atoms with Crippen LogP contribution in [0.3, 0.4) is 0 Å². The molecule has 0 radical (unpaired) electrons. The maximum Gasteiger partial charge on any atom is 0.159 e. The first-order valence-electron chi connectivity index (χ1n) is 12.9. The van der Waals surface area contributed by atoms with Gasteiger partial charge in [0.05, 0.1) is 21.3 Å². The number of benzene rings is 5.